The summed E-state index contributed by atoms with van der Waals surface area (Å²) in [6.45, 7) is 0. The largest absolute Gasteiger partial charge is 0.279 e. The SMILES string of the molecule is O=[N+]([O-])c1ccc(NS(=O)(=O)c2ccc3ccccc3c2)c2ccccc12. The highest BCUT2D eigenvalue weighted by molar-refractivity contribution is 7.92. The average molecular weight is 378 g/mol. The van der Waals surface area contributed by atoms with E-state index in [1.807, 2.05) is 24.3 Å². The second-order valence-corrected chi connectivity index (χ2v) is 7.73. The van der Waals surface area contributed by atoms with E-state index in [4.69, 9.17) is 0 Å². The molecule has 4 aromatic carbocycles. The highest BCUT2D eigenvalue weighted by atomic mass is 32.2. The van der Waals surface area contributed by atoms with E-state index < -0.39 is 14.9 Å². The molecule has 134 valence electrons. The topological polar surface area (TPSA) is 89.3 Å². The molecular weight excluding hydrogens is 364 g/mol. The van der Waals surface area contributed by atoms with Gasteiger partial charge in [-0.2, -0.15) is 0 Å². The fraction of sp³-hybridized carbons (Fsp3) is 0. The van der Waals surface area contributed by atoms with E-state index in [2.05, 4.69) is 4.72 Å². The third kappa shape index (κ3) is 3.09. The third-order valence-corrected chi connectivity index (χ3v) is 5.74. The van der Waals surface area contributed by atoms with Gasteiger partial charge in [-0.15, -0.1) is 0 Å². The van der Waals surface area contributed by atoms with Crippen LogP contribution >= 0.6 is 0 Å². The standard InChI is InChI=1S/C20H14N2O4S/c23-22(24)20-12-11-19(17-7-3-4-8-18(17)20)21-27(25,26)16-10-9-14-5-1-2-6-15(14)13-16/h1-13,21H. The minimum absolute atomic E-state index is 0.0701. The van der Waals surface area contributed by atoms with Crippen molar-refractivity contribution in [3.05, 3.63) is 89.0 Å². The van der Waals surface area contributed by atoms with Crippen LogP contribution in [0.4, 0.5) is 11.4 Å². The van der Waals surface area contributed by atoms with Gasteiger partial charge in [0.25, 0.3) is 15.7 Å². The molecule has 6 nitrogen and oxygen atoms in total. The average Bonchev–Trinajstić information content (AvgIpc) is 2.67. The lowest BCUT2D eigenvalue weighted by Gasteiger charge is -2.11. The molecule has 0 saturated carbocycles. The fourth-order valence-electron chi connectivity index (χ4n) is 3.07. The summed E-state index contributed by atoms with van der Waals surface area (Å²) in [6, 6.07) is 21.7. The number of rotatable bonds is 4. The van der Waals surface area contributed by atoms with Gasteiger partial charge in [-0.1, -0.05) is 48.5 Å². The third-order valence-electron chi connectivity index (χ3n) is 4.37. The minimum Gasteiger partial charge on any atom is -0.279 e. The molecular formula is C20H14N2O4S. The lowest BCUT2D eigenvalue weighted by Crippen LogP contribution is -2.13. The van der Waals surface area contributed by atoms with Crippen molar-refractivity contribution >= 4 is 42.9 Å². The van der Waals surface area contributed by atoms with Crippen LogP contribution in [0.25, 0.3) is 21.5 Å². The predicted molar refractivity (Wildman–Crippen MR) is 105 cm³/mol. The summed E-state index contributed by atoms with van der Waals surface area (Å²) < 4.78 is 28.3. The van der Waals surface area contributed by atoms with E-state index in [9.17, 15) is 18.5 Å². The number of hydrogen-bond donors (Lipinski definition) is 1. The quantitative estimate of drug-likeness (QED) is 0.412. The van der Waals surface area contributed by atoms with Crippen LogP contribution in [-0.4, -0.2) is 13.3 Å². The molecule has 0 aliphatic rings. The molecule has 0 spiro atoms. The first-order valence-electron chi connectivity index (χ1n) is 8.13. The van der Waals surface area contributed by atoms with Crippen LogP contribution in [-0.2, 0) is 10.0 Å². The van der Waals surface area contributed by atoms with E-state index in [-0.39, 0.29) is 10.6 Å². The van der Waals surface area contributed by atoms with Gasteiger partial charge in [0, 0.05) is 11.5 Å². The maximum atomic E-state index is 12.9. The Hall–Kier alpha value is -3.45. The highest BCUT2D eigenvalue weighted by Crippen LogP contribution is 2.32. The molecule has 7 heteroatoms. The van der Waals surface area contributed by atoms with Crippen molar-refractivity contribution in [1.82, 2.24) is 0 Å². The Morgan fingerprint density at radius 3 is 2.19 bits per heavy atom. The van der Waals surface area contributed by atoms with Crippen LogP contribution < -0.4 is 4.72 Å². The van der Waals surface area contributed by atoms with Crippen molar-refractivity contribution < 1.29 is 13.3 Å². The van der Waals surface area contributed by atoms with Crippen molar-refractivity contribution in [2.75, 3.05) is 4.72 Å². The molecule has 0 saturated heterocycles. The van der Waals surface area contributed by atoms with Gasteiger partial charge in [-0.3, -0.25) is 14.8 Å². The number of benzene rings is 4. The lowest BCUT2D eigenvalue weighted by molar-refractivity contribution is -0.383. The molecule has 0 atom stereocenters. The number of nitro benzene ring substituents is 1. The summed E-state index contributed by atoms with van der Waals surface area (Å²) in [5.74, 6) is 0. The molecule has 0 aliphatic heterocycles. The van der Waals surface area contributed by atoms with Gasteiger partial charge in [0.2, 0.25) is 0 Å². The molecule has 0 heterocycles. The molecule has 4 rings (SSSR count). The second-order valence-electron chi connectivity index (χ2n) is 6.05. The van der Waals surface area contributed by atoms with Crippen molar-refractivity contribution in [2.24, 2.45) is 0 Å². The number of fused-ring (bicyclic) bond motifs is 2. The van der Waals surface area contributed by atoms with Gasteiger partial charge in [-0.05, 0) is 35.0 Å². The van der Waals surface area contributed by atoms with Crippen molar-refractivity contribution in [3.8, 4) is 0 Å². The smallest absolute Gasteiger partial charge is 0.277 e. The predicted octanol–water partition coefficient (Wildman–Crippen LogP) is 4.70. The minimum atomic E-state index is -3.85. The molecule has 0 aliphatic carbocycles. The molecule has 0 radical (unpaired) electrons. The monoisotopic (exact) mass is 378 g/mol. The fourth-order valence-corrected chi connectivity index (χ4v) is 4.18. The summed E-state index contributed by atoms with van der Waals surface area (Å²) in [6.07, 6.45) is 0. The molecule has 0 fully saturated rings. The van der Waals surface area contributed by atoms with Crippen LogP contribution in [0.3, 0.4) is 0 Å². The number of hydrogen-bond acceptors (Lipinski definition) is 4. The molecule has 4 aromatic rings. The van der Waals surface area contributed by atoms with E-state index >= 15 is 0 Å². The summed E-state index contributed by atoms with van der Waals surface area (Å²) >= 11 is 0. The number of sulfonamides is 1. The van der Waals surface area contributed by atoms with Gasteiger partial charge < -0.3 is 0 Å². The maximum Gasteiger partial charge on any atom is 0.277 e. The molecule has 1 N–H and O–H groups in total. The Bertz CT molecular complexity index is 1300. The number of nitrogens with one attached hydrogen (secondary N) is 1. The van der Waals surface area contributed by atoms with E-state index in [1.54, 1.807) is 36.4 Å². The molecule has 0 unspecified atom stereocenters. The van der Waals surface area contributed by atoms with Crippen LogP contribution in [0.1, 0.15) is 0 Å². The summed E-state index contributed by atoms with van der Waals surface area (Å²) in [5.41, 5.74) is 0.226. The van der Waals surface area contributed by atoms with Gasteiger partial charge >= 0.3 is 0 Å². The number of nitro groups is 1. The van der Waals surface area contributed by atoms with Gasteiger partial charge in [0.15, 0.2) is 0 Å². The zero-order chi connectivity index (χ0) is 19.0. The Balaban J connectivity index is 1.80. The molecule has 0 amide bonds. The summed E-state index contributed by atoms with van der Waals surface area (Å²) in [7, 11) is -3.85. The molecule has 27 heavy (non-hydrogen) atoms. The normalized spacial score (nSPS) is 11.6. The maximum absolute atomic E-state index is 12.9. The van der Waals surface area contributed by atoms with Crippen molar-refractivity contribution in [3.63, 3.8) is 0 Å². The Kier molecular flexibility index (Phi) is 4.01. The molecule has 0 bridgehead atoms. The lowest BCUT2D eigenvalue weighted by atomic mass is 10.1. The first kappa shape index (κ1) is 17.0. The Morgan fingerprint density at radius 1 is 0.778 bits per heavy atom. The summed E-state index contributed by atoms with van der Waals surface area (Å²) in [5, 5.41) is 13.8. The van der Waals surface area contributed by atoms with Crippen LogP contribution in [0.2, 0.25) is 0 Å². The second kappa shape index (κ2) is 6.37. The number of anilines is 1. The van der Waals surface area contributed by atoms with Crippen LogP contribution in [0, 0.1) is 10.1 Å². The number of non-ortho nitro benzene ring substituents is 1. The zero-order valence-electron chi connectivity index (χ0n) is 14.0. The first-order valence-corrected chi connectivity index (χ1v) is 9.62. The Labute approximate surface area is 155 Å². The first-order chi connectivity index (χ1) is 13.0. The van der Waals surface area contributed by atoms with E-state index in [1.165, 1.54) is 18.2 Å². The van der Waals surface area contributed by atoms with Gasteiger partial charge in [0.05, 0.1) is 20.9 Å². The van der Waals surface area contributed by atoms with E-state index in [0.29, 0.717) is 16.5 Å². The van der Waals surface area contributed by atoms with Crippen LogP contribution in [0.15, 0.2) is 83.8 Å². The summed E-state index contributed by atoms with van der Waals surface area (Å²) in [4.78, 5) is 10.9. The number of nitrogens with zero attached hydrogens (tertiary/aromatic N) is 1. The van der Waals surface area contributed by atoms with Crippen LogP contribution in [0.5, 0.6) is 0 Å². The Morgan fingerprint density at radius 2 is 1.44 bits per heavy atom. The highest BCUT2D eigenvalue weighted by Gasteiger charge is 2.19. The van der Waals surface area contributed by atoms with Crippen molar-refractivity contribution in [2.45, 2.75) is 4.90 Å². The van der Waals surface area contributed by atoms with Gasteiger partial charge in [0.1, 0.15) is 0 Å². The van der Waals surface area contributed by atoms with E-state index in [0.717, 1.165) is 10.8 Å². The van der Waals surface area contributed by atoms with Gasteiger partial charge in [-0.25, -0.2) is 8.42 Å². The zero-order valence-corrected chi connectivity index (χ0v) is 14.8. The molecule has 0 aromatic heterocycles. The van der Waals surface area contributed by atoms with Crippen molar-refractivity contribution in [1.29, 1.82) is 0 Å².